The molecule has 0 aliphatic heterocycles. The Hall–Kier alpha value is -1.65. The Kier molecular flexibility index (Phi) is 2.89. The summed E-state index contributed by atoms with van der Waals surface area (Å²) in [4.78, 5) is 4.52. The number of aryl methyl sites for hydroxylation is 1. The first kappa shape index (κ1) is 11.4. The average molecular weight is 258 g/mol. The zero-order valence-corrected chi connectivity index (χ0v) is 11.1. The molecule has 0 radical (unpaired) electrons. The molecule has 0 saturated carbocycles. The molecule has 0 bridgehead atoms. The molecule has 0 fully saturated rings. The molecule has 1 unspecified atom stereocenters. The summed E-state index contributed by atoms with van der Waals surface area (Å²) >= 11 is 1.66. The number of hydrogen-bond donors (Lipinski definition) is 1. The second-order valence-corrected chi connectivity index (χ2v) is 5.26. The highest BCUT2D eigenvalue weighted by Gasteiger charge is 2.18. The lowest BCUT2D eigenvalue weighted by molar-refractivity contribution is 0.487. The van der Waals surface area contributed by atoms with Crippen LogP contribution in [-0.4, -0.2) is 12.0 Å². The number of aromatic nitrogens is 1. The van der Waals surface area contributed by atoms with E-state index >= 15 is 0 Å². The summed E-state index contributed by atoms with van der Waals surface area (Å²) in [7, 11) is 1.92. The highest BCUT2D eigenvalue weighted by atomic mass is 32.1. The first-order valence-corrected chi connectivity index (χ1v) is 6.73. The summed E-state index contributed by atoms with van der Waals surface area (Å²) in [5, 5.41) is 7.53. The van der Waals surface area contributed by atoms with Crippen LogP contribution < -0.4 is 5.32 Å². The number of hydrogen-bond acceptors (Lipinski definition) is 4. The smallest absolute Gasteiger partial charge is 0.134 e. The minimum atomic E-state index is 0.0161. The topological polar surface area (TPSA) is 38.1 Å². The molecule has 18 heavy (non-hydrogen) atoms. The van der Waals surface area contributed by atoms with E-state index in [9.17, 15) is 0 Å². The molecule has 0 spiro atoms. The van der Waals surface area contributed by atoms with Crippen molar-refractivity contribution in [1.29, 1.82) is 0 Å². The van der Waals surface area contributed by atoms with Crippen LogP contribution in [0.1, 0.15) is 22.5 Å². The van der Waals surface area contributed by atoms with Crippen molar-refractivity contribution in [2.75, 3.05) is 7.05 Å². The molecule has 0 saturated heterocycles. The maximum atomic E-state index is 5.89. The fourth-order valence-electron chi connectivity index (χ4n) is 2.09. The Labute approximate surface area is 109 Å². The summed E-state index contributed by atoms with van der Waals surface area (Å²) in [6, 6.07) is 10.1. The summed E-state index contributed by atoms with van der Waals surface area (Å²) < 4.78 is 5.89. The van der Waals surface area contributed by atoms with Crippen LogP contribution in [-0.2, 0) is 0 Å². The molecule has 4 heteroatoms. The quantitative estimate of drug-likeness (QED) is 0.781. The predicted octanol–water partition coefficient (Wildman–Crippen LogP) is 3.51. The van der Waals surface area contributed by atoms with E-state index in [0.29, 0.717) is 0 Å². The molecule has 0 amide bonds. The van der Waals surface area contributed by atoms with Gasteiger partial charge in [0.2, 0.25) is 0 Å². The van der Waals surface area contributed by atoms with Gasteiger partial charge < -0.3 is 9.73 Å². The van der Waals surface area contributed by atoms with Crippen LogP contribution in [0.15, 0.2) is 40.1 Å². The largest absolute Gasteiger partial charge is 0.459 e. The third-order valence-corrected chi connectivity index (χ3v) is 3.74. The van der Waals surface area contributed by atoms with Crippen molar-refractivity contribution in [2.45, 2.75) is 13.0 Å². The van der Waals surface area contributed by atoms with Gasteiger partial charge in [-0.25, -0.2) is 4.98 Å². The minimum absolute atomic E-state index is 0.0161. The molecule has 3 rings (SSSR count). The van der Waals surface area contributed by atoms with E-state index in [1.807, 2.05) is 32.2 Å². The summed E-state index contributed by atoms with van der Waals surface area (Å²) in [5.41, 5.74) is 1.93. The SMILES string of the molecule is CNC(c1csc(C)n1)c1cc2ccccc2o1. The predicted molar refractivity (Wildman–Crippen MR) is 74.0 cm³/mol. The minimum Gasteiger partial charge on any atom is -0.459 e. The van der Waals surface area contributed by atoms with Crippen LogP contribution in [0.3, 0.4) is 0 Å². The van der Waals surface area contributed by atoms with Gasteiger partial charge in [0.15, 0.2) is 0 Å². The van der Waals surface area contributed by atoms with Crippen molar-refractivity contribution in [2.24, 2.45) is 0 Å². The van der Waals surface area contributed by atoms with E-state index in [1.54, 1.807) is 11.3 Å². The third kappa shape index (κ3) is 1.94. The van der Waals surface area contributed by atoms with Crippen molar-refractivity contribution >= 4 is 22.3 Å². The van der Waals surface area contributed by atoms with Gasteiger partial charge in [-0.05, 0) is 26.1 Å². The Bertz CT molecular complexity index is 638. The molecule has 0 aliphatic rings. The lowest BCUT2D eigenvalue weighted by Gasteiger charge is -2.10. The zero-order chi connectivity index (χ0) is 12.5. The van der Waals surface area contributed by atoms with Gasteiger partial charge in [0.05, 0.1) is 10.7 Å². The van der Waals surface area contributed by atoms with Crippen LogP contribution in [0.4, 0.5) is 0 Å². The third-order valence-electron chi connectivity index (χ3n) is 2.95. The van der Waals surface area contributed by atoms with Crippen molar-refractivity contribution in [3.8, 4) is 0 Å². The zero-order valence-electron chi connectivity index (χ0n) is 10.3. The number of fused-ring (bicyclic) bond motifs is 1. The fourth-order valence-corrected chi connectivity index (χ4v) is 2.73. The number of furan rings is 1. The standard InChI is InChI=1S/C14H14N2OS/c1-9-16-11(8-18-9)14(15-2)13-7-10-5-3-4-6-12(10)17-13/h3-8,14-15H,1-2H3. The van der Waals surface area contributed by atoms with E-state index in [1.165, 1.54) is 0 Å². The van der Waals surface area contributed by atoms with Crippen LogP contribution in [0, 0.1) is 6.92 Å². The van der Waals surface area contributed by atoms with Gasteiger partial charge in [-0.15, -0.1) is 11.3 Å². The van der Waals surface area contributed by atoms with E-state index in [4.69, 9.17) is 4.42 Å². The Morgan fingerprint density at radius 1 is 1.33 bits per heavy atom. The summed E-state index contributed by atoms with van der Waals surface area (Å²) in [5.74, 6) is 0.906. The molecule has 1 N–H and O–H groups in total. The highest BCUT2D eigenvalue weighted by molar-refractivity contribution is 7.09. The second-order valence-electron chi connectivity index (χ2n) is 4.20. The van der Waals surface area contributed by atoms with Gasteiger partial charge in [0.25, 0.3) is 0 Å². The number of para-hydroxylation sites is 1. The molecule has 2 heterocycles. The van der Waals surface area contributed by atoms with Crippen molar-refractivity contribution in [3.05, 3.63) is 52.2 Å². The summed E-state index contributed by atoms with van der Waals surface area (Å²) in [6.45, 7) is 2.01. The maximum absolute atomic E-state index is 5.89. The molecule has 92 valence electrons. The average Bonchev–Trinajstić information content (AvgIpc) is 2.96. The van der Waals surface area contributed by atoms with E-state index < -0.39 is 0 Å². The van der Waals surface area contributed by atoms with Gasteiger partial charge in [0.1, 0.15) is 17.4 Å². The molecule has 0 aliphatic carbocycles. The maximum Gasteiger partial charge on any atom is 0.134 e. The van der Waals surface area contributed by atoms with Crippen LogP contribution in [0.2, 0.25) is 0 Å². The molecular weight excluding hydrogens is 244 g/mol. The van der Waals surface area contributed by atoms with Crippen LogP contribution >= 0.6 is 11.3 Å². The Balaban J connectivity index is 2.05. The van der Waals surface area contributed by atoms with Crippen LogP contribution in [0.25, 0.3) is 11.0 Å². The van der Waals surface area contributed by atoms with E-state index in [0.717, 1.165) is 27.4 Å². The fraction of sp³-hybridized carbons (Fsp3) is 0.214. The Morgan fingerprint density at radius 2 is 2.17 bits per heavy atom. The van der Waals surface area contributed by atoms with Crippen molar-refractivity contribution < 1.29 is 4.42 Å². The highest BCUT2D eigenvalue weighted by Crippen LogP contribution is 2.28. The number of nitrogens with zero attached hydrogens (tertiary/aromatic N) is 1. The van der Waals surface area contributed by atoms with E-state index in [2.05, 4.69) is 27.8 Å². The number of nitrogens with one attached hydrogen (secondary N) is 1. The number of thiazole rings is 1. The monoisotopic (exact) mass is 258 g/mol. The molecule has 3 nitrogen and oxygen atoms in total. The van der Waals surface area contributed by atoms with E-state index in [-0.39, 0.29) is 6.04 Å². The lowest BCUT2D eigenvalue weighted by atomic mass is 10.1. The van der Waals surface area contributed by atoms with Gasteiger partial charge >= 0.3 is 0 Å². The molecule has 1 atom stereocenters. The van der Waals surface area contributed by atoms with Gasteiger partial charge in [0, 0.05) is 10.8 Å². The normalized spacial score (nSPS) is 13.0. The number of benzene rings is 1. The summed E-state index contributed by atoms with van der Waals surface area (Å²) in [6.07, 6.45) is 0. The molecule has 1 aromatic carbocycles. The molecule has 2 aromatic heterocycles. The van der Waals surface area contributed by atoms with Gasteiger partial charge in [-0.2, -0.15) is 0 Å². The van der Waals surface area contributed by atoms with Crippen molar-refractivity contribution in [3.63, 3.8) is 0 Å². The molecule has 3 aromatic rings. The van der Waals surface area contributed by atoms with Gasteiger partial charge in [-0.1, -0.05) is 18.2 Å². The lowest BCUT2D eigenvalue weighted by Crippen LogP contribution is -2.17. The molecular formula is C14H14N2OS. The van der Waals surface area contributed by atoms with Crippen molar-refractivity contribution in [1.82, 2.24) is 10.3 Å². The first-order valence-electron chi connectivity index (χ1n) is 5.85. The first-order chi connectivity index (χ1) is 8.78. The van der Waals surface area contributed by atoms with Crippen LogP contribution in [0.5, 0.6) is 0 Å². The number of rotatable bonds is 3. The Morgan fingerprint density at radius 3 is 2.83 bits per heavy atom. The second kappa shape index (κ2) is 4.55. The van der Waals surface area contributed by atoms with Gasteiger partial charge in [-0.3, -0.25) is 0 Å².